The Morgan fingerprint density at radius 1 is 1.19 bits per heavy atom. The number of aryl methyl sites for hydroxylation is 2. The summed E-state index contributed by atoms with van der Waals surface area (Å²) in [6.45, 7) is 3.00. The van der Waals surface area contributed by atoms with Gasteiger partial charge in [-0.25, -0.2) is 4.79 Å². The number of hydrogen-bond acceptors (Lipinski definition) is 4. The van der Waals surface area contributed by atoms with Crippen LogP contribution in [0.15, 0.2) is 53.9 Å². The van der Waals surface area contributed by atoms with E-state index in [1.807, 2.05) is 31.2 Å². The summed E-state index contributed by atoms with van der Waals surface area (Å²) in [6.07, 6.45) is 8.51. The van der Waals surface area contributed by atoms with Gasteiger partial charge in [-0.05, 0) is 85.9 Å². The zero-order valence-corrected chi connectivity index (χ0v) is 20.6. The maximum atomic E-state index is 13.5. The molecule has 1 atom stereocenters. The molecular formula is C27H31N5O4. The van der Waals surface area contributed by atoms with E-state index in [0.29, 0.717) is 41.9 Å². The van der Waals surface area contributed by atoms with Gasteiger partial charge in [0.2, 0.25) is 5.62 Å². The minimum Gasteiger partial charge on any atom is -0.493 e. The quantitative estimate of drug-likeness (QED) is 0.475. The van der Waals surface area contributed by atoms with Crippen LogP contribution in [0, 0.1) is 18.8 Å². The second-order valence-corrected chi connectivity index (χ2v) is 9.90. The number of hydrogen-bond donors (Lipinski definition) is 2. The lowest BCUT2D eigenvalue weighted by Crippen LogP contribution is -2.31. The van der Waals surface area contributed by atoms with Gasteiger partial charge in [0.1, 0.15) is 5.75 Å². The molecule has 2 amide bonds. The highest BCUT2D eigenvalue weighted by Crippen LogP contribution is 2.40. The first-order chi connectivity index (χ1) is 17.4. The second kappa shape index (κ2) is 10.0. The summed E-state index contributed by atoms with van der Waals surface area (Å²) >= 11 is 0. The maximum Gasteiger partial charge on any atom is 0.434 e. The van der Waals surface area contributed by atoms with Gasteiger partial charge in [-0.15, -0.1) is 4.99 Å². The van der Waals surface area contributed by atoms with Gasteiger partial charge in [0.05, 0.1) is 24.9 Å². The highest BCUT2D eigenvalue weighted by atomic mass is 16.5. The third kappa shape index (κ3) is 5.84. The van der Waals surface area contributed by atoms with Crippen LogP contribution >= 0.6 is 0 Å². The van der Waals surface area contributed by atoms with E-state index in [1.54, 1.807) is 40.8 Å². The van der Waals surface area contributed by atoms with E-state index in [9.17, 15) is 9.59 Å². The van der Waals surface area contributed by atoms with E-state index < -0.39 is 6.09 Å². The molecule has 9 heteroatoms. The number of carboxylic acid groups (broad SMARTS) is 1. The lowest BCUT2D eigenvalue weighted by atomic mass is 10.0. The normalized spacial score (nSPS) is 16.6. The van der Waals surface area contributed by atoms with Gasteiger partial charge >= 0.3 is 6.09 Å². The summed E-state index contributed by atoms with van der Waals surface area (Å²) in [5.41, 5.74) is 3.62. The smallest absolute Gasteiger partial charge is 0.434 e. The van der Waals surface area contributed by atoms with Crippen LogP contribution in [-0.2, 0) is 13.6 Å². The van der Waals surface area contributed by atoms with E-state index in [0.717, 1.165) is 29.7 Å². The molecule has 9 nitrogen and oxygen atoms in total. The molecule has 2 aliphatic carbocycles. The maximum absolute atomic E-state index is 13.5. The van der Waals surface area contributed by atoms with Crippen LogP contribution in [0.2, 0.25) is 0 Å². The van der Waals surface area contributed by atoms with Gasteiger partial charge in [-0.1, -0.05) is 0 Å². The number of benzene rings is 1. The van der Waals surface area contributed by atoms with Crippen molar-refractivity contribution in [2.75, 3.05) is 6.61 Å². The number of ether oxygens (including phenoxy) is 1. The largest absolute Gasteiger partial charge is 0.493 e. The van der Waals surface area contributed by atoms with Crippen molar-refractivity contribution >= 4 is 12.0 Å². The van der Waals surface area contributed by atoms with Crippen molar-refractivity contribution in [3.63, 3.8) is 0 Å². The number of nitrogens with one attached hydrogen (secondary N) is 1. The van der Waals surface area contributed by atoms with Crippen LogP contribution in [0.3, 0.4) is 0 Å². The molecule has 0 aliphatic heterocycles. The van der Waals surface area contributed by atoms with Crippen molar-refractivity contribution in [3.8, 4) is 5.75 Å². The van der Waals surface area contributed by atoms with Crippen LogP contribution in [0.25, 0.3) is 0 Å². The average Bonchev–Trinajstić information content (AvgIpc) is 3.77. The van der Waals surface area contributed by atoms with E-state index in [1.165, 1.54) is 12.8 Å². The highest BCUT2D eigenvalue weighted by molar-refractivity contribution is 5.95. The Kier molecular flexibility index (Phi) is 6.63. The summed E-state index contributed by atoms with van der Waals surface area (Å²) in [5.74, 6) is 1.41. The van der Waals surface area contributed by atoms with Gasteiger partial charge in [0.15, 0.2) is 0 Å². The van der Waals surface area contributed by atoms with Crippen molar-refractivity contribution in [2.24, 2.45) is 23.9 Å². The Labute approximate surface area is 209 Å². The minimum absolute atomic E-state index is 0.138. The highest BCUT2D eigenvalue weighted by Gasteiger charge is 2.34. The van der Waals surface area contributed by atoms with Crippen molar-refractivity contribution < 1.29 is 19.4 Å². The first kappa shape index (κ1) is 23.8. The molecule has 0 bridgehead atoms. The van der Waals surface area contributed by atoms with Crippen molar-refractivity contribution in [1.82, 2.24) is 19.4 Å². The molecule has 188 valence electrons. The summed E-state index contributed by atoms with van der Waals surface area (Å²) in [7, 11) is 1.74. The molecular weight excluding hydrogens is 458 g/mol. The molecule has 2 heterocycles. The number of carbonyl (C=O) groups is 2. The topological polar surface area (TPSA) is 111 Å². The average molecular weight is 490 g/mol. The van der Waals surface area contributed by atoms with Crippen LogP contribution in [-0.4, -0.2) is 37.8 Å². The molecule has 36 heavy (non-hydrogen) atoms. The van der Waals surface area contributed by atoms with E-state index in [-0.39, 0.29) is 11.9 Å². The third-order valence-corrected chi connectivity index (χ3v) is 6.64. The first-order valence-corrected chi connectivity index (χ1v) is 12.4. The molecule has 0 saturated heterocycles. The zero-order valence-electron chi connectivity index (χ0n) is 20.6. The van der Waals surface area contributed by atoms with Gasteiger partial charge in [-0.3, -0.25) is 9.78 Å². The molecule has 1 aromatic carbocycles. The molecule has 0 unspecified atom stereocenters. The molecule has 2 fully saturated rings. The zero-order chi connectivity index (χ0) is 25.2. The van der Waals surface area contributed by atoms with E-state index in [2.05, 4.69) is 15.3 Å². The summed E-state index contributed by atoms with van der Waals surface area (Å²) in [6, 6.07) is 9.37. The molecule has 0 radical (unpaired) electrons. The molecule has 2 saturated carbocycles. The van der Waals surface area contributed by atoms with Gasteiger partial charge in [0, 0.05) is 31.2 Å². The number of pyridine rings is 1. The molecule has 2 N–H and O–H groups in total. The molecule has 2 aromatic heterocycles. The van der Waals surface area contributed by atoms with Crippen LogP contribution in [0.1, 0.15) is 58.9 Å². The number of rotatable bonds is 9. The number of amides is 2. The van der Waals surface area contributed by atoms with Crippen molar-refractivity contribution in [2.45, 2.75) is 45.2 Å². The molecule has 5 rings (SSSR count). The third-order valence-electron chi connectivity index (χ3n) is 6.64. The first-order valence-electron chi connectivity index (χ1n) is 12.4. The fraction of sp³-hybridized carbons (Fsp3) is 0.407. The fourth-order valence-electron chi connectivity index (χ4n) is 4.35. The van der Waals surface area contributed by atoms with Crippen molar-refractivity contribution in [1.29, 1.82) is 0 Å². The lowest BCUT2D eigenvalue weighted by Gasteiger charge is -2.19. The second-order valence-electron chi connectivity index (χ2n) is 9.90. The van der Waals surface area contributed by atoms with Crippen LogP contribution < -0.4 is 15.7 Å². The van der Waals surface area contributed by atoms with Crippen LogP contribution in [0.4, 0.5) is 4.79 Å². The Bertz CT molecular complexity index is 1350. The predicted molar refractivity (Wildman–Crippen MR) is 133 cm³/mol. The number of nitrogens with zero attached hydrogens (tertiary/aromatic N) is 4. The van der Waals surface area contributed by atoms with Gasteiger partial charge in [0.25, 0.3) is 5.91 Å². The summed E-state index contributed by atoms with van der Waals surface area (Å²) < 4.78 is 9.42. The lowest BCUT2D eigenvalue weighted by molar-refractivity contribution is 0.0930. The van der Waals surface area contributed by atoms with Gasteiger partial charge < -0.3 is 24.3 Å². The minimum atomic E-state index is -1.26. The number of aromatic nitrogens is 3. The Morgan fingerprint density at radius 2 is 2.00 bits per heavy atom. The predicted octanol–water partition coefficient (Wildman–Crippen LogP) is 3.83. The molecule has 0 spiro atoms. The monoisotopic (exact) mass is 489 g/mol. The summed E-state index contributed by atoms with van der Waals surface area (Å²) in [4.78, 5) is 32.9. The van der Waals surface area contributed by atoms with Crippen molar-refractivity contribution in [3.05, 3.63) is 76.9 Å². The molecule has 3 aromatic rings. The standard InChI is InChI=1S/C27H31N5O4/c1-17-7-8-28-23(11-17)24(20-5-6-20)29-25(33)21-12-19(13-22(14-21)36-16-18-3-4-18)15-32-10-9-31(2)26(32)30-27(34)35/h7-14,18,20,24H,3-6,15-16H2,1-2H3,(H,29,33)(H,34,35)/b30-26+/t24-/m0/s1. The SMILES string of the molecule is Cc1ccnc([C@@H](NC(=O)c2cc(Cn3ccn(C)/c3=N\C(=O)O)cc(OCC3CC3)c2)C2CC2)c1. The fourth-order valence-corrected chi connectivity index (χ4v) is 4.35. The Morgan fingerprint density at radius 3 is 2.69 bits per heavy atom. The van der Waals surface area contributed by atoms with E-state index in [4.69, 9.17) is 9.84 Å². The molecule has 2 aliphatic rings. The Hall–Kier alpha value is -3.88. The van der Waals surface area contributed by atoms with E-state index >= 15 is 0 Å². The van der Waals surface area contributed by atoms with Gasteiger partial charge in [-0.2, -0.15) is 0 Å². The number of carbonyl (C=O) groups excluding carboxylic acids is 1. The Balaban J connectivity index is 1.43. The van der Waals surface area contributed by atoms with Crippen LogP contribution in [0.5, 0.6) is 5.75 Å². The number of imidazole rings is 1. The summed E-state index contributed by atoms with van der Waals surface area (Å²) in [5, 5.41) is 12.4.